The number of amides is 1. The predicted octanol–water partition coefficient (Wildman–Crippen LogP) is 1.59. The quantitative estimate of drug-likeness (QED) is 0.762. The van der Waals surface area contributed by atoms with Gasteiger partial charge in [0, 0.05) is 39.1 Å². The van der Waals surface area contributed by atoms with Gasteiger partial charge in [0.2, 0.25) is 17.7 Å². The molecule has 0 aliphatic carbocycles. The van der Waals surface area contributed by atoms with Gasteiger partial charge in [0.25, 0.3) is 0 Å². The number of hydrogen-bond donors (Lipinski definition) is 0. The highest BCUT2D eigenvalue weighted by Gasteiger charge is 2.48. The van der Waals surface area contributed by atoms with Gasteiger partial charge < -0.3 is 14.1 Å². The predicted molar refractivity (Wildman–Crippen MR) is 97.5 cm³/mol. The number of rotatable bonds is 6. The third kappa shape index (κ3) is 3.72. The molecule has 0 N–H and O–H groups in total. The number of aromatic nitrogens is 3. The molecule has 2 aromatic heterocycles. The van der Waals surface area contributed by atoms with E-state index in [1.807, 2.05) is 17.0 Å². The Balaban J connectivity index is 1.40. The molecule has 4 heterocycles. The molecular formula is C19H25N5O3. The van der Waals surface area contributed by atoms with Crippen molar-refractivity contribution in [3.05, 3.63) is 30.4 Å². The first-order valence-corrected chi connectivity index (χ1v) is 9.44. The Labute approximate surface area is 158 Å². The van der Waals surface area contributed by atoms with E-state index in [9.17, 15) is 4.79 Å². The van der Waals surface area contributed by atoms with Gasteiger partial charge in [-0.2, -0.15) is 0 Å². The van der Waals surface area contributed by atoms with Crippen LogP contribution in [0.5, 0.6) is 0 Å². The monoisotopic (exact) mass is 371 g/mol. The average molecular weight is 371 g/mol. The molecule has 0 bridgehead atoms. The van der Waals surface area contributed by atoms with Crippen molar-refractivity contribution in [3.63, 3.8) is 0 Å². The fraction of sp³-hybridized carbons (Fsp3) is 0.579. The summed E-state index contributed by atoms with van der Waals surface area (Å²) in [6.45, 7) is 4.29. The van der Waals surface area contributed by atoms with E-state index in [0.29, 0.717) is 31.5 Å². The summed E-state index contributed by atoms with van der Waals surface area (Å²) in [6, 6.07) is 3.73. The van der Waals surface area contributed by atoms with Crippen molar-refractivity contribution in [2.75, 3.05) is 39.9 Å². The lowest BCUT2D eigenvalue weighted by Gasteiger charge is -2.39. The molecule has 2 aliphatic heterocycles. The Morgan fingerprint density at radius 3 is 3.04 bits per heavy atom. The molecule has 2 aromatic rings. The van der Waals surface area contributed by atoms with Crippen LogP contribution in [0, 0.1) is 5.41 Å². The molecule has 2 fully saturated rings. The molecule has 27 heavy (non-hydrogen) atoms. The summed E-state index contributed by atoms with van der Waals surface area (Å²) >= 11 is 0. The minimum absolute atomic E-state index is 0.266. The Morgan fingerprint density at radius 2 is 2.22 bits per heavy atom. The maximum absolute atomic E-state index is 13.0. The van der Waals surface area contributed by atoms with Crippen LogP contribution in [0.4, 0.5) is 0 Å². The van der Waals surface area contributed by atoms with Crippen LogP contribution in [-0.4, -0.2) is 70.8 Å². The van der Waals surface area contributed by atoms with Crippen molar-refractivity contribution in [1.82, 2.24) is 25.0 Å². The Kier molecular flexibility index (Phi) is 5.18. The van der Waals surface area contributed by atoms with Gasteiger partial charge >= 0.3 is 0 Å². The van der Waals surface area contributed by atoms with E-state index in [-0.39, 0.29) is 11.3 Å². The van der Waals surface area contributed by atoms with Crippen molar-refractivity contribution >= 4 is 5.91 Å². The van der Waals surface area contributed by atoms with Gasteiger partial charge in [-0.25, -0.2) is 0 Å². The minimum atomic E-state index is -0.266. The molecule has 0 aromatic carbocycles. The second-order valence-electron chi connectivity index (χ2n) is 7.37. The maximum atomic E-state index is 13.0. The van der Waals surface area contributed by atoms with Crippen LogP contribution in [0.25, 0.3) is 11.5 Å². The van der Waals surface area contributed by atoms with Gasteiger partial charge in [-0.05, 0) is 37.9 Å². The fourth-order valence-electron chi connectivity index (χ4n) is 4.15. The van der Waals surface area contributed by atoms with Gasteiger partial charge in [-0.15, -0.1) is 10.2 Å². The molecule has 0 saturated carbocycles. The molecule has 2 saturated heterocycles. The van der Waals surface area contributed by atoms with E-state index < -0.39 is 0 Å². The van der Waals surface area contributed by atoms with Crippen LogP contribution in [0.15, 0.2) is 28.9 Å². The number of ether oxygens (including phenoxy) is 1. The maximum Gasteiger partial charge on any atom is 0.249 e. The van der Waals surface area contributed by atoms with Crippen LogP contribution < -0.4 is 0 Å². The largest absolute Gasteiger partial charge is 0.419 e. The Morgan fingerprint density at radius 1 is 1.30 bits per heavy atom. The van der Waals surface area contributed by atoms with E-state index in [4.69, 9.17) is 9.15 Å². The highest BCUT2D eigenvalue weighted by atomic mass is 16.5. The van der Waals surface area contributed by atoms with Gasteiger partial charge in [0.1, 0.15) is 0 Å². The number of nitrogens with zero attached hydrogens (tertiary/aromatic N) is 5. The Hall–Kier alpha value is -2.32. The normalized spacial score (nSPS) is 23.4. The molecule has 1 atom stereocenters. The number of carbonyl (C=O) groups excluding carboxylic acids is 1. The van der Waals surface area contributed by atoms with E-state index in [0.717, 1.165) is 44.5 Å². The second kappa shape index (κ2) is 7.74. The van der Waals surface area contributed by atoms with Crippen molar-refractivity contribution < 1.29 is 13.9 Å². The zero-order chi connectivity index (χ0) is 18.7. The third-order valence-electron chi connectivity index (χ3n) is 5.56. The zero-order valence-electron chi connectivity index (χ0n) is 15.6. The lowest BCUT2D eigenvalue weighted by atomic mass is 9.78. The van der Waals surface area contributed by atoms with Crippen LogP contribution in [0.2, 0.25) is 0 Å². The van der Waals surface area contributed by atoms with Crippen LogP contribution in [0.3, 0.4) is 0 Å². The summed E-state index contributed by atoms with van der Waals surface area (Å²) in [4.78, 5) is 21.3. The van der Waals surface area contributed by atoms with E-state index in [1.165, 1.54) is 0 Å². The van der Waals surface area contributed by atoms with Gasteiger partial charge in [0.05, 0.1) is 24.1 Å². The third-order valence-corrected chi connectivity index (χ3v) is 5.56. The number of carbonyl (C=O) groups is 1. The molecule has 144 valence electrons. The molecule has 8 nitrogen and oxygen atoms in total. The number of hydrogen-bond acceptors (Lipinski definition) is 7. The number of pyridine rings is 1. The average Bonchev–Trinajstić information content (AvgIpc) is 3.32. The second-order valence-corrected chi connectivity index (χ2v) is 7.37. The van der Waals surface area contributed by atoms with Crippen LogP contribution >= 0.6 is 0 Å². The van der Waals surface area contributed by atoms with Crippen LogP contribution in [0.1, 0.15) is 25.2 Å². The summed E-state index contributed by atoms with van der Waals surface area (Å²) in [6.07, 6.45) is 6.31. The topological polar surface area (TPSA) is 84.6 Å². The van der Waals surface area contributed by atoms with E-state index in [2.05, 4.69) is 20.1 Å². The molecule has 0 radical (unpaired) electrons. The molecule has 4 rings (SSSR count). The number of methoxy groups -OCH3 is 1. The molecule has 1 amide bonds. The van der Waals surface area contributed by atoms with E-state index >= 15 is 0 Å². The van der Waals surface area contributed by atoms with Gasteiger partial charge in [0.15, 0.2) is 0 Å². The zero-order valence-corrected chi connectivity index (χ0v) is 15.6. The standard InChI is InChI=1S/C19H25N5O3/c1-26-11-10-24-8-3-5-19(18(24)25)6-9-23(14-19)13-16-21-22-17(27-16)15-4-2-7-20-12-15/h2,4,7,12H,3,5-6,8-11,13-14H2,1H3/t19-/m0/s1. The number of likely N-dealkylation sites (tertiary alicyclic amines) is 2. The summed E-state index contributed by atoms with van der Waals surface area (Å²) in [5, 5.41) is 8.29. The first-order valence-electron chi connectivity index (χ1n) is 9.44. The van der Waals surface area contributed by atoms with Crippen molar-refractivity contribution in [2.45, 2.75) is 25.8 Å². The summed E-state index contributed by atoms with van der Waals surface area (Å²) < 4.78 is 10.9. The summed E-state index contributed by atoms with van der Waals surface area (Å²) in [5.74, 6) is 1.33. The first-order chi connectivity index (χ1) is 13.2. The molecular weight excluding hydrogens is 346 g/mol. The highest BCUT2D eigenvalue weighted by molar-refractivity contribution is 5.84. The lowest BCUT2D eigenvalue weighted by molar-refractivity contribution is -0.146. The van der Waals surface area contributed by atoms with Crippen LogP contribution in [-0.2, 0) is 16.1 Å². The SMILES string of the molecule is COCCN1CCC[C@@]2(CCN(Cc3nnc(-c4cccnc4)o3)C2)C1=O. The smallest absolute Gasteiger partial charge is 0.249 e. The lowest BCUT2D eigenvalue weighted by Crippen LogP contribution is -2.50. The molecule has 8 heteroatoms. The Bertz CT molecular complexity index is 781. The molecule has 1 spiro atoms. The molecule has 2 aliphatic rings. The minimum Gasteiger partial charge on any atom is -0.419 e. The molecule has 0 unspecified atom stereocenters. The fourth-order valence-corrected chi connectivity index (χ4v) is 4.15. The number of piperidine rings is 1. The summed E-state index contributed by atoms with van der Waals surface area (Å²) in [7, 11) is 1.67. The van der Waals surface area contributed by atoms with Crippen molar-refractivity contribution in [3.8, 4) is 11.5 Å². The first kappa shape index (κ1) is 18.1. The van der Waals surface area contributed by atoms with Gasteiger partial charge in [-0.1, -0.05) is 0 Å². The van der Waals surface area contributed by atoms with Crippen molar-refractivity contribution in [2.24, 2.45) is 5.41 Å². The highest BCUT2D eigenvalue weighted by Crippen LogP contribution is 2.40. The van der Waals surface area contributed by atoms with E-state index in [1.54, 1.807) is 19.5 Å². The summed E-state index contributed by atoms with van der Waals surface area (Å²) in [5.41, 5.74) is 0.545. The van der Waals surface area contributed by atoms with Crippen molar-refractivity contribution in [1.29, 1.82) is 0 Å². The van der Waals surface area contributed by atoms with Gasteiger partial charge in [-0.3, -0.25) is 14.7 Å².